The highest BCUT2D eigenvalue weighted by Gasteiger charge is 1.86. The van der Waals surface area contributed by atoms with Crippen molar-refractivity contribution in [3.05, 3.63) is 0 Å². The predicted molar refractivity (Wildman–Crippen MR) is 99.4 cm³/mol. The van der Waals surface area contributed by atoms with Crippen molar-refractivity contribution < 1.29 is 0 Å². The van der Waals surface area contributed by atoms with Gasteiger partial charge in [-0.2, -0.15) is 0 Å². The molecule has 0 unspecified atom stereocenters. The van der Waals surface area contributed by atoms with Crippen molar-refractivity contribution in [2.45, 2.75) is 90.9 Å². The summed E-state index contributed by atoms with van der Waals surface area (Å²) >= 11 is 0. The summed E-state index contributed by atoms with van der Waals surface area (Å²) in [5.74, 6) is 0. The van der Waals surface area contributed by atoms with Crippen molar-refractivity contribution in [2.75, 3.05) is 13.1 Å². The Balaban J connectivity index is -0.000000116. The fourth-order valence-electron chi connectivity index (χ4n) is 1.85. The van der Waals surface area contributed by atoms with Gasteiger partial charge in [0.05, 0.1) is 0 Å². The second-order valence-corrected chi connectivity index (χ2v) is 5.11. The predicted octanol–water partition coefficient (Wildman–Crippen LogP) is 5.45. The van der Waals surface area contributed by atoms with Crippen molar-refractivity contribution in [3.8, 4) is 0 Å². The molecule has 0 spiro atoms. The zero-order valence-corrected chi connectivity index (χ0v) is 15.5. The first-order chi connectivity index (χ1) is 8.83. The van der Waals surface area contributed by atoms with Crippen molar-refractivity contribution in [3.63, 3.8) is 0 Å². The van der Waals surface area contributed by atoms with Crippen molar-refractivity contribution in [2.24, 2.45) is 11.5 Å². The van der Waals surface area contributed by atoms with Crippen LogP contribution in [0.5, 0.6) is 0 Å². The van der Waals surface area contributed by atoms with Gasteiger partial charge in [-0.1, -0.05) is 78.1 Å². The van der Waals surface area contributed by atoms with Gasteiger partial charge in [-0.15, -0.1) is 24.8 Å². The normalized spacial score (nSPS) is 9.00. The summed E-state index contributed by atoms with van der Waals surface area (Å²) in [7, 11) is 0. The Hall–Kier alpha value is 0.500. The van der Waals surface area contributed by atoms with E-state index in [1.54, 1.807) is 0 Å². The van der Waals surface area contributed by atoms with Gasteiger partial charge in [0.15, 0.2) is 0 Å². The third-order valence-electron chi connectivity index (χ3n) is 3.12. The molecule has 4 heteroatoms. The molecule has 0 aromatic rings. The SMILES string of the molecule is CCCCCCCCN.CCCCCCCCN.Cl.Cl. The summed E-state index contributed by atoms with van der Waals surface area (Å²) in [5, 5.41) is 0. The zero-order valence-electron chi connectivity index (χ0n) is 13.9. The molecule has 0 atom stereocenters. The van der Waals surface area contributed by atoms with Crippen LogP contribution in [0.2, 0.25) is 0 Å². The molecule has 0 saturated heterocycles. The largest absolute Gasteiger partial charge is 0.330 e. The van der Waals surface area contributed by atoms with Gasteiger partial charge in [0.2, 0.25) is 0 Å². The maximum absolute atomic E-state index is 5.34. The van der Waals surface area contributed by atoms with E-state index < -0.39 is 0 Å². The summed E-state index contributed by atoms with van der Waals surface area (Å²) in [6, 6.07) is 0. The fourth-order valence-corrected chi connectivity index (χ4v) is 1.85. The van der Waals surface area contributed by atoms with Crippen LogP contribution in [0.25, 0.3) is 0 Å². The van der Waals surface area contributed by atoms with Crippen molar-refractivity contribution in [1.82, 2.24) is 0 Å². The third-order valence-corrected chi connectivity index (χ3v) is 3.12. The maximum atomic E-state index is 5.34. The van der Waals surface area contributed by atoms with Crippen LogP contribution >= 0.6 is 24.8 Å². The van der Waals surface area contributed by atoms with Crippen LogP contribution < -0.4 is 11.5 Å². The van der Waals surface area contributed by atoms with Crippen LogP contribution in [0.3, 0.4) is 0 Å². The van der Waals surface area contributed by atoms with E-state index in [4.69, 9.17) is 11.5 Å². The van der Waals surface area contributed by atoms with Crippen molar-refractivity contribution >= 4 is 24.8 Å². The second kappa shape index (κ2) is 31.7. The molecule has 2 nitrogen and oxygen atoms in total. The molecule has 0 fully saturated rings. The van der Waals surface area contributed by atoms with Crippen LogP contribution in [0.1, 0.15) is 90.9 Å². The van der Waals surface area contributed by atoms with Gasteiger partial charge in [0.1, 0.15) is 0 Å². The number of hydrogen-bond acceptors (Lipinski definition) is 2. The lowest BCUT2D eigenvalue weighted by Crippen LogP contribution is -1.97. The molecule has 4 N–H and O–H groups in total. The molecule has 20 heavy (non-hydrogen) atoms. The van der Waals surface area contributed by atoms with Crippen LogP contribution in [-0.2, 0) is 0 Å². The Labute approximate surface area is 140 Å². The van der Waals surface area contributed by atoms with E-state index in [9.17, 15) is 0 Å². The lowest BCUT2D eigenvalue weighted by molar-refractivity contribution is 0.612. The Morgan fingerprint density at radius 3 is 0.950 bits per heavy atom. The number of unbranched alkanes of at least 4 members (excludes halogenated alkanes) is 10. The monoisotopic (exact) mass is 330 g/mol. The van der Waals surface area contributed by atoms with Crippen molar-refractivity contribution in [1.29, 1.82) is 0 Å². The summed E-state index contributed by atoms with van der Waals surface area (Å²) in [4.78, 5) is 0. The van der Waals surface area contributed by atoms with E-state index in [1.165, 1.54) is 77.0 Å². The average molecular weight is 331 g/mol. The molecular weight excluding hydrogens is 291 g/mol. The second-order valence-electron chi connectivity index (χ2n) is 5.11. The molecule has 0 saturated carbocycles. The van der Waals surface area contributed by atoms with E-state index in [1.807, 2.05) is 0 Å². The van der Waals surface area contributed by atoms with E-state index in [-0.39, 0.29) is 24.8 Å². The summed E-state index contributed by atoms with van der Waals surface area (Å²) < 4.78 is 0. The third kappa shape index (κ3) is 36.3. The standard InChI is InChI=1S/2C8H19N.2ClH/c2*1-2-3-4-5-6-7-8-9;;/h2*2-9H2,1H3;2*1H. The van der Waals surface area contributed by atoms with E-state index in [2.05, 4.69) is 13.8 Å². The first-order valence-electron chi connectivity index (χ1n) is 8.23. The number of hydrogen-bond donors (Lipinski definition) is 2. The first kappa shape index (κ1) is 28.6. The van der Waals surface area contributed by atoms with Crippen LogP contribution in [0, 0.1) is 0 Å². The molecule has 0 bridgehead atoms. The van der Waals surface area contributed by atoms with Gasteiger partial charge in [-0.25, -0.2) is 0 Å². The maximum Gasteiger partial charge on any atom is -0.00773 e. The molecule has 0 aliphatic rings. The van der Waals surface area contributed by atoms with Gasteiger partial charge in [0, 0.05) is 0 Å². The van der Waals surface area contributed by atoms with Gasteiger partial charge < -0.3 is 11.5 Å². The molecule has 0 heterocycles. The minimum absolute atomic E-state index is 0. The first-order valence-corrected chi connectivity index (χ1v) is 8.23. The van der Waals surface area contributed by atoms with Gasteiger partial charge in [-0.3, -0.25) is 0 Å². The zero-order chi connectivity index (χ0) is 13.9. The highest BCUT2D eigenvalue weighted by atomic mass is 35.5. The Bertz CT molecular complexity index is 99.0. The van der Waals surface area contributed by atoms with E-state index in [0.29, 0.717) is 0 Å². The summed E-state index contributed by atoms with van der Waals surface area (Å²) in [6.45, 7) is 6.21. The fraction of sp³-hybridized carbons (Fsp3) is 1.00. The van der Waals surface area contributed by atoms with Gasteiger partial charge in [0.25, 0.3) is 0 Å². The molecule has 0 aliphatic carbocycles. The van der Waals surface area contributed by atoms with Gasteiger partial charge >= 0.3 is 0 Å². The number of rotatable bonds is 12. The average Bonchev–Trinajstić information content (AvgIpc) is 2.39. The molecule has 128 valence electrons. The molecule has 0 radical (unpaired) electrons. The molecule has 0 aromatic carbocycles. The Kier molecular flexibility index (Phi) is 45.4. The quantitative estimate of drug-likeness (QED) is 0.467. The topological polar surface area (TPSA) is 52.0 Å². The smallest absolute Gasteiger partial charge is 0.00773 e. The van der Waals surface area contributed by atoms with Crippen LogP contribution in [0.15, 0.2) is 0 Å². The summed E-state index contributed by atoms with van der Waals surface area (Å²) in [6.07, 6.45) is 16.1. The number of nitrogens with two attached hydrogens (primary N) is 2. The molecule has 0 aromatic heterocycles. The Morgan fingerprint density at radius 1 is 0.450 bits per heavy atom. The number of halogens is 2. The molecule has 0 aliphatic heterocycles. The van der Waals surface area contributed by atoms with Crippen LogP contribution in [0.4, 0.5) is 0 Å². The van der Waals surface area contributed by atoms with E-state index in [0.717, 1.165) is 13.1 Å². The lowest BCUT2D eigenvalue weighted by atomic mass is 10.1. The van der Waals surface area contributed by atoms with E-state index >= 15 is 0 Å². The lowest BCUT2D eigenvalue weighted by Gasteiger charge is -1.96. The minimum atomic E-state index is 0. The summed E-state index contributed by atoms with van der Waals surface area (Å²) in [5.41, 5.74) is 10.7. The Morgan fingerprint density at radius 2 is 0.700 bits per heavy atom. The highest BCUT2D eigenvalue weighted by molar-refractivity contribution is 5.85. The van der Waals surface area contributed by atoms with Crippen LogP contribution in [-0.4, -0.2) is 13.1 Å². The minimum Gasteiger partial charge on any atom is -0.330 e. The molecule has 0 amide bonds. The molecule has 0 rings (SSSR count). The van der Waals surface area contributed by atoms with Gasteiger partial charge in [-0.05, 0) is 25.9 Å². The highest BCUT2D eigenvalue weighted by Crippen LogP contribution is 2.03. The molecular formula is C16H40Cl2N2.